The van der Waals surface area contributed by atoms with Gasteiger partial charge in [0, 0.05) is 6.61 Å². The van der Waals surface area contributed by atoms with Crippen LogP contribution < -0.4 is 11.5 Å². The number of hydrogen-bond acceptors (Lipinski definition) is 2. The van der Waals surface area contributed by atoms with E-state index in [9.17, 15) is 0 Å². The van der Waals surface area contributed by atoms with Crippen LogP contribution in [0.5, 0.6) is 0 Å². The van der Waals surface area contributed by atoms with Gasteiger partial charge in [-0.1, -0.05) is 0 Å². The second-order valence-electron chi connectivity index (χ2n) is 3.20. The van der Waals surface area contributed by atoms with Gasteiger partial charge in [-0.25, -0.2) is 4.99 Å². The first kappa shape index (κ1) is 9.32. The van der Waals surface area contributed by atoms with Crippen LogP contribution in [0.4, 0.5) is 0 Å². The quantitative estimate of drug-likeness (QED) is 0.461. The molecule has 0 amide bonds. The number of aliphatic imine (C=N–C) groups is 1. The predicted molar refractivity (Wildman–Crippen MR) is 48.9 cm³/mol. The molecule has 70 valence electrons. The second kappa shape index (κ2) is 4.30. The van der Waals surface area contributed by atoms with E-state index in [1.54, 1.807) is 0 Å². The number of hydrogen-bond donors (Lipinski definition) is 2. The Morgan fingerprint density at radius 3 is 2.75 bits per heavy atom. The summed E-state index contributed by atoms with van der Waals surface area (Å²) in [5.74, 6) is 0.150. The van der Waals surface area contributed by atoms with Gasteiger partial charge in [-0.2, -0.15) is 0 Å². The number of nitrogens with two attached hydrogens (primary N) is 2. The Labute approximate surface area is 73.0 Å². The lowest BCUT2D eigenvalue weighted by Crippen LogP contribution is -2.33. The third-order valence-corrected chi connectivity index (χ3v) is 2.11. The zero-order valence-electron chi connectivity index (χ0n) is 7.49. The maximum absolute atomic E-state index is 5.52. The third-order valence-electron chi connectivity index (χ3n) is 2.11. The van der Waals surface area contributed by atoms with Crippen molar-refractivity contribution in [2.75, 3.05) is 6.61 Å². The number of rotatable bonds is 2. The van der Waals surface area contributed by atoms with Gasteiger partial charge in [0.05, 0.1) is 12.1 Å². The van der Waals surface area contributed by atoms with E-state index < -0.39 is 0 Å². The SMILES string of the molecule is CC(N=C(N)N)C1CCCCO1. The maximum atomic E-state index is 5.52. The van der Waals surface area contributed by atoms with Crippen LogP contribution in [-0.2, 0) is 4.74 Å². The molecule has 12 heavy (non-hydrogen) atoms. The van der Waals surface area contributed by atoms with Crippen molar-refractivity contribution < 1.29 is 4.74 Å². The molecule has 0 saturated carbocycles. The van der Waals surface area contributed by atoms with Crippen molar-refractivity contribution >= 4 is 5.96 Å². The molecule has 0 aromatic rings. The van der Waals surface area contributed by atoms with E-state index in [0.29, 0.717) is 0 Å². The Hall–Kier alpha value is -0.770. The van der Waals surface area contributed by atoms with E-state index in [1.807, 2.05) is 6.92 Å². The average molecular weight is 171 g/mol. The Morgan fingerprint density at radius 2 is 2.25 bits per heavy atom. The van der Waals surface area contributed by atoms with Crippen LogP contribution in [0.15, 0.2) is 4.99 Å². The highest BCUT2D eigenvalue weighted by molar-refractivity contribution is 5.75. The molecule has 4 N–H and O–H groups in total. The average Bonchev–Trinajstić information content (AvgIpc) is 2.05. The largest absolute Gasteiger partial charge is 0.376 e. The van der Waals surface area contributed by atoms with Crippen LogP contribution in [0, 0.1) is 0 Å². The molecule has 1 saturated heterocycles. The van der Waals surface area contributed by atoms with E-state index in [-0.39, 0.29) is 18.1 Å². The summed E-state index contributed by atoms with van der Waals surface area (Å²) >= 11 is 0. The van der Waals surface area contributed by atoms with Gasteiger partial charge in [0.1, 0.15) is 0 Å². The fourth-order valence-electron chi connectivity index (χ4n) is 1.46. The van der Waals surface area contributed by atoms with Crippen molar-refractivity contribution in [3.05, 3.63) is 0 Å². The zero-order chi connectivity index (χ0) is 8.97. The van der Waals surface area contributed by atoms with Crippen LogP contribution in [0.25, 0.3) is 0 Å². The first-order valence-electron chi connectivity index (χ1n) is 4.40. The minimum absolute atomic E-state index is 0.0929. The topological polar surface area (TPSA) is 73.6 Å². The van der Waals surface area contributed by atoms with Crippen molar-refractivity contribution in [3.63, 3.8) is 0 Å². The highest BCUT2D eigenvalue weighted by Crippen LogP contribution is 2.17. The van der Waals surface area contributed by atoms with Crippen molar-refractivity contribution in [2.24, 2.45) is 16.5 Å². The van der Waals surface area contributed by atoms with Gasteiger partial charge in [0.15, 0.2) is 5.96 Å². The number of guanidine groups is 1. The second-order valence-corrected chi connectivity index (χ2v) is 3.20. The molecule has 0 spiro atoms. The van der Waals surface area contributed by atoms with Crippen LogP contribution in [0.1, 0.15) is 26.2 Å². The zero-order valence-corrected chi connectivity index (χ0v) is 7.49. The molecule has 4 heteroatoms. The molecule has 1 aliphatic heterocycles. The Morgan fingerprint density at radius 1 is 1.50 bits per heavy atom. The van der Waals surface area contributed by atoms with Crippen LogP contribution in [-0.4, -0.2) is 24.7 Å². The lowest BCUT2D eigenvalue weighted by molar-refractivity contribution is 0.00449. The summed E-state index contributed by atoms with van der Waals surface area (Å²) in [5, 5.41) is 0. The summed E-state index contributed by atoms with van der Waals surface area (Å²) in [7, 11) is 0. The van der Waals surface area contributed by atoms with Crippen LogP contribution in [0.2, 0.25) is 0 Å². The number of ether oxygens (including phenoxy) is 1. The molecule has 0 radical (unpaired) electrons. The van der Waals surface area contributed by atoms with Gasteiger partial charge in [-0.3, -0.25) is 0 Å². The highest BCUT2D eigenvalue weighted by atomic mass is 16.5. The van der Waals surface area contributed by atoms with Gasteiger partial charge < -0.3 is 16.2 Å². The minimum atomic E-state index is 0.0929. The Bertz CT molecular complexity index is 160. The van der Waals surface area contributed by atoms with Gasteiger partial charge in [-0.15, -0.1) is 0 Å². The fourth-order valence-corrected chi connectivity index (χ4v) is 1.46. The van der Waals surface area contributed by atoms with E-state index >= 15 is 0 Å². The molecule has 2 atom stereocenters. The lowest BCUT2D eigenvalue weighted by atomic mass is 10.0. The summed E-state index contributed by atoms with van der Waals surface area (Å²) in [6.45, 7) is 2.82. The van der Waals surface area contributed by atoms with Gasteiger partial charge >= 0.3 is 0 Å². The molecule has 0 aromatic carbocycles. The molecule has 0 aliphatic carbocycles. The predicted octanol–water partition coefficient (Wildman–Crippen LogP) is 0.217. The highest BCUT2D eigenvalue weighted by Gasteiger charge is 2.19. The summed E-state index contributed by atoms with van der Waals surface area (Å²) in [6.07, 6.45) is 3.65. The fraction of sp³-hybridized carbons (Fsp3) is 0.875. The van der Waals surface area contributed by atoms with Gasteiger partial charge in [0.2, 0.25) is 0 Å². The molecule has 1 fully saturated rings. The molecular formula is C8H17N3O. The van der Waals surface area contributed by atoms with Crippen LogP contribution >= 0.6 is 0 Å². The van der Waals surface area contributed by atoms with E-state index in [2.05, 4.69) is 4.99 Å². The molecule has 1 rings (SSSR count). The summed E-state index contributed by atoms with van der Waals surface area (Å²) in [6, 6.07) is 0.0929. The smallest absolute Gasteiger partial charge is 0.186 e. The molecule has 1 aliphatic rings. The maximum Gasteiger partial charge on any atom is 0.186 e. The lowest BCUT2D eigenvalue weighted by Gasteiger charge is -2.25. The van der Waals surface area contributed by atoms with E-state index in [0.717, 1.165) is 19.4 Å². The Balaban J connectivity index is 2.39. The molecular weight excluding hydrogens is 154 g/mol. The Kier molecular flexibility index (Phi) is 3.34. The van der Waals surface area contributed by atoms with Gasteiger partial charge in [-0.05, 0) is 26.2 Å². The van der Waals surface area contributed by atoms with Crippen molar-refractivity contribution in [1.82, 2.24) is 0 Å². The summed E-state index contributed by atoms with van der Waals surface area (Å²) < 4.78 is 5.52. The van der Waals surface area contributed by atoms with E-state index in [4.69, 9.17) is 16.2 Å². The molecule has 4 nitrogen and oxygen atoms in total. The standard InChI is InChI=1S/C8H17N3O/c1-6(11-8(9)10)7-4-2-3-5-12-7/h6-7H,2-5H2,1H3,(H4,9,10,11). The third kappa shape index (κ3) is 2.70. The summed E-state index contributed by atoms with van der Waals surface area (Å²) in [4.78, 5) is 4.05. The first-order chi connectivity index (χ1) is 5.70. The molecule has 0 aromatic heterocycles. The van der Waals surface area contributed by atoms with E-state index in [1.165, 1.54) is 6.42 Å². The monoisotopic (exact) mass is 171 g/mol. The van der Waals surface area contributed by atoms with Crippen molar-refractivity contribution in [2.45, 2.75) is 38.3 Å². The summed E-state index contributed by atoms with van der Waals surface area (Å²) in [5.41, 5.74) is 10.5. The normalized spacial score (nSPS) is 26.2. The van der Waals surface area contributed by atoms with Crippen LogP contribution in [0.3, 0.4) is 0 Å². The van der Waals surface area contributed by atoms with Gasteiger partial charge in [0.25, 0.3) is 0 Å². The van der Waals surface area contributed by atoms with Crippen molar-refractivity contribution in [1.29, 1.82) is 0 Å². The minimum Gasteiger partial charge on any atom is -0.376 e. The first-order valence-corrected chi connectivity index (χ1v) is 4.40. The van der Waals surface area contributed by atoms with Crippen molar-refractivity contribution in [3.8, 4) is 0 Å². The number of nitrogens with zero attached hydrogens (tertiary/aromatic N) is 1. The molecule has 1 heterocycles. The molecule has 0 bridgehead atoms. The molecule has 2 unspecified atom stereocenters.